The molecule has 0 saturated carbocycles. The molecule has 1 atom stereocenters. The van der Waals surface area contributed by atoms with Crippen molar-refractivity contribution in [3.05, 3.63) is 12.2 Å². The standard InChI is InChI=1S/C11H22O5Si/c1-6-14-17(15-7-2,16-8-3)10(5)9(4)11(12)13/h10H,4,6-8H2,1-3,5H3,(H,12,13). The lowest BCUT2D eigenvalue weighted by Crippen LogP contribution is -2.50. The van der Waals surface area contributed by atoms with Crippen molar-refractivity contribution in [1.82, 2.24) is 0 Å². The fourth-order valence-electron chi connectivity index (χ4n) is 1.50. The Kier molecular flexibility index (Phi) is 7.29. The lowest BCUT2D eigenvalue weighted by atomic mass is 10.2. The van der Waals surface area contributed by atoms with Gasteiger partial charge in [-0.1, -0.05) is 13.5 Å². The van der Waals surface area contributed by atoms with E-state index in [-0.39, 0.29) is 5.57 Å². The summed E-state index contributed by atoms with van der Waals surface area (Å²) in [5.74, 6) is -1.05. The molecule has 0 aliphatic carbocycles. The first-order chi connectivity index (χ1) is 7.95. The van der Waals surface area contributed by atoms with E-state index in [4.69, 9.17) is 18.4 Å². The van der Waals surface area contributed by atoms with Crippen molar-refractivity contribution in [3.8, 4) is 0 Å². The molecule has 6 heteroatoms. The molecule has 0 rings (SSSR count). The number of hydrogen-bond donors (Lipinski definition) is 1. The van der Waals surface area contributed by atoms with Gasteiger partial charge in [-0.2, -0.15) is 0 Å². The second-order valence-corrected chi connectivity index (χ2v) is 6.39. The topological polar surface area (TPSA) is 65.0 Å². The number of carboxylic acid groups (broad SMARTS) is 1. The number of carbonyl (C=O) groups is 1. The van der Waals surface area contributed by atoms with Crippen LogP contribution in [0.15, 0.2) is 12.2 Å². The van der Waals surface area contributed by atoms with Crippen molar-refractivity contribution in [3.63, 3.8) is 0 Å². The molecule has 0 amide bonds. The normalized spacial score (nSPS) is 13.4. The van der Waals surface area contributed by atoms with E-state index in [9.17, 15) is 4.79 Å². The summed E-state index contributed by atoms with van der Waals surface area (Å²) >= 11 is 0. The molecule has 0 aromatic rings. The first-order valence-electron chi connectivity index (χ1n) is 5.79. The third-order valence-corrected chi connectivity index (χ3v) is 5.85. The van der Waals surface area contributed by atoms with E-state index in [1.165, 1.54) is 0 Å². The molecule has 0 heterocycles. The van der Waals surface area contributed by atoms with Crippen LogP contribution in [-0.2, 0) is 18.1 Å². The predicted molar refractivity (Wildman–Crippen MR) is 66.8 cm³/mol. The van der Waals surface area contributed by atoms with E-state index in [0.717, 1.165) is 0 Å². The first-order valence-corrected chi connectivity index (χ1v) is 7.59. The fraction of sp³-hybridized carbons (Fsp3) is 0.727. The molecule has 0 radical (unpaired) electrons. The van der Waals surface area contributed by atoms with E-state index in [1.54, 1.807) is 6.92 Å². The van der Waals surface area contributed by atoms with E-state index in [1.807, 2.05) is 20.8 Å². The van der Waals surface area contributed by atoms with Crippen LogP contribution in [0, 0.1) is 0 Å². The molecule has 0 spiro atoms. The molecule has 0 saturated heterocycles. The largest absolute Gasteiger partial charge is 0.508 e. The van der Waals surface area contributed by atoms with Gasteiger partial charge in [0.15, 0.2) is 0 Å². The second kappa shape index (κ2) is 7.60. The third-order valence-electron chi connectivity index (χ3n) is 2.36. The minimum absolute atomic E-state index is 0.0621. The van der Waals surface area contributed by atoms with Gasteiger partial charge in [-0.05, 0) is 20.8 Å². The van der Waals surface area contributed by atoms with Crippen LogP contribution >= 0.6 is 0 Å². The van der Waals surface area contributed by atoms with E-state index in [2.05, 4.69) is 6.58 Å². The van der Waals surface area contributed by atoms with Crippen LogP contribution in [-0.4, -0.2) is 39.7 Å². The monoisotopic (exact) mass is 262 g/mol. The lowest BCUT2D eigenvalue weighted by molar-refractivity contribution is -0.133. The van der Waals surface area contributed by atoms with Crippen LogP contribution in [0.5, 0.6) is 0 Å². The minimum atomic E-state index is -3.01. The highest BCUT2D eigenvalue weighted by Gasteiger charge is 2.49. The zero-order valence-electron chi connectivity index (χ0n) is 11.0. The SMILES string of the molecule is C=C(C(=O)O)C(C)[Si](OCC)(OCC)OCC. The van der Waals surface area contributed by atoms with Gasteiger partial charge in [-0.25, -0.2) is 4.79 Å². The van der Waals surface area contributed by atoms with Crippen LogP contribution in [0.4, 0.5) is 0 Å². The van der Waals surface area contributed by atoms with Gasteiger partial charge in [-0.3, -0.25) is 0 Å². The van der Waals surface area contributed by atoms with Gasteiger partial charge in [0.1, 0.15) is 0 Å². The minimum Gasteiger partial charge on any atom is -0.478 e. The highest BCUT2D eigenvalue weighted by Crippen LogP contribution is 2.31. The number of rotatable bonds is 9. The van der Waals surface area contributed by atoms with Crippen molar-refractivity contribution in [2.45, 2.75) is 33.2 Å². The summed E-state index contributed by atoms with van der Waals surface area (Å²) in [5, 5.41) is 8.98. The number of carboxylic acids is 1. The van der Waals surface area contributed by atoms with Crippen LogP contribution < -0.4 is 0 Å². The molecule has 100 valence electrons. The zero-order chi connectivity index (χ0) is 13.5. The molecule has 5 nitrogen and oxygen atoms in total. The quantitative estimate of drug-likeness (QED) is 0.509. The Morgan fingerprint density at radius 2 is 1.53 bits per heavy atom. The van der Waals surface area contributed by atoms with Gasteiger partial charge in [-0.15, -0.1) is 0 Å². The third kappa shape index (κ3) is 4.23. The Balaban J connectivity index is 5.09. The van der Waals surface area contributed by atoms with Crippen molar-refractivity contribution in [2.75, 3.05) is 19.8 Å². The highest BCUT2D eigenvalue weighted by molar-refractivity contribution is 6.63. The lowest BCUT2D eigenvalue weighted by Gasteiger charge is -2.33. The van der Waals surface area contributed by atoms with Crippen LogP contribution in [0.1, 0.15) is 27.7 Å². The Hall–Kier alpha value is -0.693. The van der Waals surface area contributed by atoms with Crippen molar-refractivity contribution in [1.29, 1.82) is 0 Å². The maximum atomic E-state index is 11.0. The molecule has 1 unspecified atom stereocenters. The Morgan fingerprint density at radius 1 is 1.18 bits per heavy atom. The number of hydrogen-bond acceptors (Lipinski definition) is 4. The summed E-state index contributed by atoms with van der Waals surface area (Å²) in [6.07, 6.45) is 0. The van der Waals surface area contributed by atoms with Crippen LogP contribution in [0.3, 0.4) is 0 Å². The molecular weight excluding hydrogens is 240 g/mol. The van der Waals surface area contributed by atoms with Gasteiger partial charge < -0.3 is 18.4 Å². The Labute approximate surface area is 104 Å². The van der Waals surface area contributed by atoms with Gasteiger partial charge >= 0.3 is 14.8 Å². The Morgan fingerprint density at radius 3 is 1.76 bits per heavy atom. The summed E-state index contributed by atoms with van der Waals surface area (Å²) in [5.41, 5.74) is -0.396. The van der Waals surface area contributed by atoms with E-state index >= 15 is 0 Å². The molecular formula is C11H22O5Si. The summed E-state index contributed by atoms with van der Waals surface area (Å²) in [7, 11) is -3.01. The summed E-state index contributed by atoms with van der Waals surface area (Å²) in [6.45, 7) is 12.0. The molecule has 17 heavy (non-hydrogen) atoms. The molecule has 1 N–H and O–H groups in total. The van der Waals surface area contributed by atoms with Crippen LogP contribution in [0.2, 0.25) is 5.54 Å². The molecule has 0 aromatic carbocycles. The fourth-order valence-corrected chi connectivity index (χ4v) is 4.26. The summed E-state index contributed by atoms with van der Waals surface area (Å²) < 4.78 is 16.8. The van der Waals surface area contributed by atoms with Crippen molar-refractivity contribution in [2.24, 2.45) is 0 Å². The van der Waals surface area contributed by atoms with Gasteiger partial charge in [0.25, 0.3) is 0 Å². The second-order valence-electron chi connectivity index (χ2n) is 3.45. The van der Waals surface area contributed by atoms with Crippen molar-refractivity contribution < 1.29 is 23.2 Å². The van der Waals surface area contributed by atoms with E-state index in [0.29, 0.717) is 19.8 Å². The maximum absolute atomic E-state index is 11.0. The molecule has 0 aliphatic heterocycles. The molecule has 0 bridgehead atoms. The average Bonchev–Trinajstić information content (AvgIpc) is 2.27. The summed E-state index contributed by atoms with van der Waals surface area (Å²) in [4.78, 5) is 11.0. The van der Waals surface area contributed by atoms with Gasteiger partial charge in [0.2, 0.25) is 0 Å². The van der Waals surface area contributed by atoms with E-state index < -0.39 is 20.3 Å². The maximum Gasteiger partial charge on any atom is 0.508 e. The zero-order valence-corrected chi connectivity index (χ0v) is 12.0. The Bertz CT molecular complexity index is 250. The summed E-state index contributed by atoms with van der Waals surface area (Å²) in [6, 6.07) is 0. The molecule has 0 aliphatic rings. The molecule has 0 aromatic heterocycles. The average molecular weight is 262 g/mol. The van der Waals surface area contributed by atoms with Gasteiger partial charge in [0.05, 0.1) is 5.54 Å². The predicted octanol–water partition coefficient (Wildman–Crippen LogP) is 2.07. The van der Waals surface area contributed by atoms with Crippen LogP contribution in [0.25, 0.3) is 0 Å². The number of aliphatic carboxylic acids is 1. The first kappa shape index (κ1) is 16.3. The highest BCUT2D eigenvalue weighted by atomic mass is 28.4. The van der Waals surface area contributed by atoms with Crippen molar-refractivity contribution >= 4 is 14.8 Å². The smallest absolute Gasteiger partial charge is 0.478 e. The molecule has 0 fully saturated rings. The van der Waals surface area contributed by atoms with Gasteiger partial charge in [0, 0.05) is 25.4 Å².